The van der Waals surface area contributed by atoms with Crippen molar-refractivity contribution in [2.24, 2.45) is 0 Å². The van der Waals surface area contributed by atoms with E-state index in [1.165, 1.54) is 13.2 Å². The molecule has 0 fully saturated rings. The molecule has 6 heteroatoms. The minimum atomic E-state index is -0.422. The molecular weight excluding hydrogens is 279 g/mol. The number of fused-ring (bicyclic) bond motifs is 1. The van der Waals surface area contributed by atoms with E-state index in [1.54, 1.807) is 12.3 Å². The molecule has 0 saturated carbocycles. The van der Waals surface area contributed by atoms with E-state index < -0.39 is 5.82 Å². The van der Waals surface area contributed by atoms with Crippen LogP contribution in [0.2, 0.25) is 0 Å². The maximum Gasteiger partial charge on any atom is 0.178 e. The fourth-order valence-corrected chi connectivity index (χ4v) is 2.69. The van der Waals surface area contributed by atoms with Crippen LogP contribution < -0.4 is 4.74 Å². The number of aromatic nitrogens is 2. The Morgan fingerprint density at radius 3 is 2.90 bits per heavy atom. The van der Waals surface area contributed by atoms with Crippen LogP contribution in [-0.4, -0.2) is 16.7 Å². The lowest BCUT2D eigenvalue weighted by Gasteiger charge is -2.12. The molecule has 2 heterocycles. The van der Waals surface area contributed by atoms with Crippen LogP contribution in [-0.2, 0) is 0 Å². The second-order valence-corrected chi connectivity index (χ2v) is 4.88. The van der Waals surface area contributed by atoms with Gasteiger partial charge in [-0.15, -0.1) is 0 Å². The fourth-order valence-electron chi connectivity index (χ4n) is 2.32. The zero-order valence-corrected chi connectivity index (χ0v) is 11.8. The highest BCUT2D eigenvalue weighted by Crippen LogP contribution is 2.29. The number of rotatable bonds is 3. The number of furan rings is 1. The number of halogens is 1. The zero-order chi connectivity index (χ0) is 14.3. The minimum absolute atomic E-state index is 0.0959. The Bertz CT molecular complexity index is 805. The van der Waals surface area contributed by atoms with Crippen LogP contribution in [0.25, 0.3) is 11.0 Å². The van der Waals surface area contributed by atoms with Gasteiger partial charge in [0, 0.05) is 12.1 Å². The number of benzene rings is 1. The lowest BCUT2D eigenvalue weighted by atomic mass is 10.2. The molecule has 1 atom stereocenters. The summed E-state index contributed by atoms with van der Waals surface area (Å²) in [5.74, 6) is 0.547. The molecule has 20 heavy (non-hydrogen) atoms. The van der Waals surface area contributed by atoms with Crippen LogP contribution in [0.5, 0.6) is 5.75 Å². The molecule has 3 aromatic rings. The van der Waals surface area contributed by atoms with Gasteiger partial charge in [0.25, 0.3) is 0 Å². The maximum absolute atomic E-state index is 13.7. The van der Waals surface area contributed by atoms with Gasteiger partial charge < -0.3 is 18.7 Å². The van der Waals surface area contributed by atoms with Gasteiger partial charge >= 0.3 is 0 Å². The van der Waals surface area contributed by atoms with Crippen molar-refractivity contribution < 1.29 is 13.5 Å². The average molecular weight is 292 g/mol. The summed E-state index contributed by atoms with van der Waals surface area (Å²) in [6.07, 6.45) is 1.62. The van der Waals surface area contributed by atoms with Crippen molar-refractivity contribution in [2.45, 2.75) is 13.0 Å². The number of hydrogen-bond donors (Lipinski definition) is 1. The van der Waals surface area contributed by atoms with Gasteiger partial charge in [-0.05, 0) is 31.3 Å². The van der Waals surface area contributed by atoms with Crippen LogP contribution in [0, 0.1) is 10.6 Å². The molecule has 0 spiro atoms. The summed E-state index contributed by atoms with van der Waals surface area (Å²) >= 11 is 5.33. The maximum atomic E-state index is 13.7. The average Bonchev–Trinajstić information content (AvgIpc) is 3.03. The molecule has 0 saturated heterocycles. The third kappa shape index (κ3) is 1.92. The number of imidazole rings is 1. The quantitative estimate of drug-likeness (QED) is 0.741. The second-order valence-electron chi connectivity index (χ2n) is 4.50. The highest BCUT2D eigenvalue weighted by molar-refractivity contribution is 7.71. The Morgan fingerprint density at radius 2 is 2.25 bits per heavy atom. The first-order valence-electron chi connectivity index (χ1n) is 6.13. The molecule has 0 aliphatic rings. The van der Waals surface area contributed by atoms with E-state index in [4.69, 9.17) is 21.4 Å². The standard InChI is InChI=1S/C14H13FN2O2S/c1-8(12-4-3-5-19-12)17-11-7-13(18-2)9(15)6-10(11)16-14(17)20/h3-8H,1-2H3,(H,16,20). The van der Waals surface area contributed by atoms with E-state index in [1.807, 2.05) is 23.6 Å². The monoisotopic (exact) mass is 292 g/mol. The van der Waals surface area contributed by atoms with Crippen molar-refractivity contribution in [3.63, 3.8) is 0 Å². The number of H-pyrrole nitrogens is 1. The Hall–Kier alpha value is -2.08. The lowest BCUT2D eigenvalue weighted by molar-refractivity contribution is 0.387. The Morgan fingerprint density at radius 1 is 1.45 bits per heavy atom. The van der Waals surface area contributed by atoms with Crippen molar-refractivity contribution in [2.75, 3.05) is 7.11 Å². The topological polar surface area (TPSA) is 43.1 Å². The predicted octanol–water partition coefficient (Wildman–Crippen LogP) is 4.05. The molecule has 0 aliphatic heterocycles. The van der Waals surface area contributed by atoms with Crippen LogP contribution in [0.15, 0.2) is 34.9 Å². The number of nitrogens with zero attached hydrogens (tertiary/aromatic N) is 1. The van der Waals surface area contributed by atoms with Crippen LogP contribution in [0.3, 0.4) is 0 Å². The smallest absolute Gasteiger partial charge is 0.178 e. The molecule has 2 aromatic heterocycles. The molecule has 4 nitrogen and oxygen atoms in total. The first kappa shape index (κ1) is 12.9. The molecular formula is C14H13FN2O2S. The van der Waals surface area contributed by atoms with Gasteiger partial charge in [-0.25, -0.2) is 4.39 Å². The molecule has 3 rings (SSSR count). The highest BCUT2D eigenvalue weighted by Gasteiger charge is 2.17. The zero-order valence-electron chi connectivity index (χ0n) is 11.0. The van der Waals surface area contributed by atoms with Crippen molar-refractivity contribution in [3.05, 3.63) is 46.9 Å². The van der Waals surface area contributed by atoms with E-state index in [0.717, 1.165) is 11.3 Å². The van der Waals surface area contributed by atoms with E-state index in [9.17, 15) is 4.39 Å². The van der Waals surface area contributed by atoms with E-state index in [-0.39, 0.29) is 11.8 Å². The number of aromatic amines is 1. The summed E-state index contributed by atoms with van der Waals surface area (Å²) < 4.78 is 26.6. The summed E-state index contributed by atoms with van der Waals surface area (Å²) in [5, 5.41) is 0. The first-order chi connectivity index (χ1) is 9.61. The summed E-state index contributed by atoms with van der Waals surface area (Å²) in [6, 6.07) is 6.63. The van der Waals surface area contributed by atoms with E-state index in [0.29, 0.717) is 10.3 Å². The third-order valence-electron chi connectivity index (χ3n) is 3.33. The molecule has 0 aliphatic carbocycles. The van der Waals surface area contributed by atoms with Crippen molar-refractivity contribution >= 4 is 23.3 Å². The Balaban J connectivity index is 2.25. The molecule has 104 valence electrons. The van der Waals surface area contributed by atoms with Crippen molar-refractivity contribution in [1.29, 1.82) is 0 Å². The van der Waals surface area contributed by atoms with Gasteiger partial charge in [0.15, 0.2) is 16.3 Å². The van der Waals surface area contributed by atoms with E-state index in [2.05, 4.69) is 4.98 Å². The number of nitrogens with one attached hydrogen (secondary N) is 1. The van der Waals surface area contributed by atoms with Crippen molar-refractivity contribution in [1.82, 2.24) is 9.55 Å². The van der Waals surface area contributed by atoms with Gasteiger partial charge in [0.2, 0.25) is 0 Å². The second kappa shape index (κ2) is 4.79. The molecule has 0 radical (unpaired) electrons. The Labute approximate surface area is 119 Å². The number of ether oxygens (including phenoxy) is 1. The van der Waals surface area contributed by atoms with Gasteiger partial charge in [0.05, 0.1) is 30.4 Å². The lowest BCUT2D eigenvalue weighted by Crippen LogP contribution is -2.06. The van der Waals surface area contributed by atoms with Crippen molar-refractivity contribution in [3.8, 4) is 5.75 Å². The highest BCUT2D eigenvalue weighted by atomic mass is 32.1. The molecule has 1 unspecified atom stereocenters. The summed E-state index contributed by atoms with van der Waals surface area (Å²) in [7, 11) is 1.44. The minimum Gasteiger partial charge on any atom is -0.494 e. The van der Waals surface area contributed by atoms with Gasteiger partial charge in [0.1, 0.15) is 5.76 Å². The normalized spacial score (nSPS) is 12.8. The van der Waals surface area contributed by atoms with Gasteiger partial charge in [-0.1, -0.05) is 0 Å². The van der Waals surface area contributed by atoms with Gasteiger partial charge in [-0.2, -0.15) is 0 Å². The number of methoxy groups -OCH3 is 1. The summed E-state index contributed by atoms with van der Waals surface area (Å²) in [4.78, 5) is 3.00. The van der Waals surface area contributed by atoms with Crippen LogP contribution >= 0.6 is 12.2 Å². The van der Waals surface area contributed by atoms with Crippen LogP contribution in [0.1, 0.15) is 18.7 Å². The molecule has 1 aromatic carbocycles. The first-order valence-corrected chi connectivity index (χ1v) is 6.54. The molecule has 0 amide bonds. The molecule has 1 N–H and O–H groups in total. The van der Waals surface area contributed by atoms with Crippen LogP contribution in [0.4, 0.5) is 4.39 Å². The largest absolute Gasteiger partial charge is 0.494 e. The summed E-state index contributed by atoms with van der Waals surface area (Å²) in [5.41, 5.74) is 1.41. The van der Waals surface area contributed by atoms with Gasteiger partial charge in [-0.3, -0.25) is 0 Å². The molecule has 0 bridgehead atoms. The SMILES string of the molecule is COc1cc2c(cc1F)[nH]c(=S)n2C(C)c1ccco1. The Kier molecular flexibility index (Phi) is 3.10. The predicted molar refractivity (Wildman–Crippen MR) is 76.2 cm³/mol. The summed E-state index contributed by atoms with van der Waals surface area (Å²) in [6.45, 7) is 1.97. The third-order valence-corrected chi connectivity index (χ3v) is 3.63. The number of hydrogen-bond acceptors (Lipinski definition) is 3. The van der Waals surface area contributed by atoms with E-state index >= 15 is 0 Å². The fraction of sp³-hybridized carbons (Fsp3) is 0.214.